The molecule has 6 heteroatoms. The van der Waals surface area contributed by atoms with Gasteiger partial charge in [0.1, 0.15) is 0 Å². The topological polar surface area (TPSA) is 54.9 Å². The normalized spacial score (nSPS) is 10.6. The molecule has 122 valence electrons. The van der Waals surface area contributed by atoms with Gasteiger partial charge in [0.05, 0.1) is 5.75 Å². The van der Waals surface area contributed by atoms with E-state index < -0.39 is 0 Å². The number of nitrogens with one attached hydrogen (secondary N) is 1. The Labute approximate surface area is 149 Å². The van der Waals surface area contributed by atoms with Gasteiger partial charge in [-0.1, -0.05) is 54.2 Å². The second-order valence-corrected chi connectivity index (χ2v) is 7.31. The van der Waals surface area contributed by atoms with Gasteiger partial charge in [-0.05, 0) is 42.6 Å². The molecule has 4 nitrogen and oxygen atoms in total. The first-order chi connectivity index (χ1) is 11.6. The van der Waals surface area contributed by atoms with Crippen LogP contribution in [-0.4, -0.2) is 21.0 Å². The van der Waals surface area contributed by atoms with Crippen molar-refractivity contribution < 1.29 is 4.79 Å². The monoisotopic (exact) mass is 355 g/mol. The largest absolute Gasteiger partial charge is 0.325 e. The van der Waals surface area contributed by atoms with Crippen LogP contribution in [0.2, 0.25) is 0 Å². The summed E-state index contributed by atoms with van der Waals surface area (Å²) in [6, 6.07) is 15.7. The SMILES string of the molecule is Cc1cccc(NC(=O)CSc2nc(-c3ccccc3)ns2)c1C. The number of benzene rings is 2. The minimum absolute atomic E-state index is 0.0369. The number of rotatable bonds is 5. The van der Waals surface area contributed by atoms with Gasteiger partial charge in [-0.25, -0.2) is 4.98 Å². The summed E-state index contributed by atoms with van der Waals surface area (Å²) in [6.07, 6.45) is 0. The van der Waals surface area contributed by atoms with Crippen LogP contribution in [0.4, 0.5) is 5.69 Å². The molecule has 1 N–H and O–H groups in total. The summed E-state index contributed by atoms with van der Waals surface area (Å²) in [5, 5.41) is 2.96. The van der Waals surface area contributed by atoms with E-state index in [2.05, 4.69) is 14.7 Å². The third-order valence-corrected chi connectivity index (χ3v) is 5.48. The standard InChI is InChI=1S/C18H17N3OS2/c1-12-7-6-10-15(13(12)2)19-16(22)11-23-18-20-17(21-24-18)14-8-4-3-5-9-14/h3-10H,11H2,1-2H3,(H,19,22). The Morgan fingerprint density at radius 1 is 1.12 bits per heavy atom. The zero-order valence-corrected chi connectivity index (χ0v) is 15.1. The van der Waals surface area contributed by atoms with Crippen LogP contribution in [0.1, 0.15) is 11.1 Å². The van der Waals surface area contributed by atoms with Gasteiger partial charge in [-0.15, -0.1) is 0 Å². The molecule has 0 aliphatic carbocycles. The molecule has 0 aliphatic heterocycles. The maximum Gasteiger partial charge on any atom is 0.234 e. The molecule has 24 heavy (non-hydrogen) atoms. The smallest absolute Gasteiger partial charge is 0.234 e. The number of aromatic nitrogens is 2. The number of carbonyl (C=O) groups is 1. The van der Waals surface area contributed by atoms with Crippen molar-refractivity contribution in [1.82, 2.24) is 9.36 Å². The number of anilines is 1. The lowest BCUT2D eigenvalue weighted by Gasteiger charge is -2.09. The summed E-state index contributed by atoms with van der Waals surface area (Å²) in [5.74, 6) is 0.986. The minimum Gasteiger partial charge on any atom is -0.325 e. The summed E-state index contributed by atoms with van der Waals surface area (Å²) in [5.41, 5.74) is 4.11. The molecule has 1 amide bonds. The van der Waals surface area contributed by atoms with E-state index in [0.717, 1.165) is 26.7 Å². The maximum atomic E-state index is 12.2. The zero-order valence-electron chi connectivity index (χ0n) is 13.4. The number of hydrogen-bond acceptors (Lipinski definition) is 5. The molecule has 0 atom stereocenters. The lowest BCUT2D eigenvalue weighted by atomic mass is 10.1. The molecule has 1 heterocycles. The lowest BCUT2D eigenvalue weighted by Crippen LogP contribution is -2.15. The first kappa shape index (κ1) is 16.7. The first-order valence-corrected chi connectivity index (χ1v) is 9.27. The second-order valence-electron chi connectivity index (χ2n) is 5.33. The number of aryl methyl sites for hydroxylation is 1. The predicted molar refractivity (Wildman–Crippen MR) is 101 cm³/mol. The van der Waals surface area contributed by atoms with Crippen molar-refractivity contribution in [3.8, 4) is 11.4 Å². The van der Waals surface area contributed by atoms with Crippen LogP contribution in [0, 0.1) is 13.8 Å². The molecule has 0 radical (unpaired) electrons. The zero-order chi connectivity index (χ0) is 16.9. The van der Waals surface area contributed by atoms with Gasteiger partial charge >= 0.3 is 0 Å². The molecule has 0 saturated carbocycles. The first-order valence-electron chi connectivity index (χ1n) is 7.51. The van der Waals surface area contributed by atoms with Gasteiger partial charge in [-0.3, -0.25) is 4.79 Å². The quantitative estimate of drug-likeness (QED) is 0.682. The second kappa shape index (κ2) is 7.59. The highest BCUT2D eigenvalue weighted by atomic mass is 32.2. The lowest BCUT2D eigenvalue weighted by molar-refractivity contribution is -0.113. The molecule has 3 aromatic rings. The molecule has 0 unspecified atom stereocenters. The van der Waals surface area contributed by atoms with Crippen molar-refractivity contribution in [1.29, 1.82) is 0 Å². The van der Waals surface area contributed by atoms with E-state index in [0.29, 0.717) is 11.6 Å². The molecule has 3 rings (SSSR count). The average molecular weight is 355 g/mol. The number of nitrogens with zero attached hydrogens (tertiary/aromatic N) is 2. The summed E-state index contributed by atoms with van der Waals surface area (Å²) < 4.78 is 5.15. The maximum absolute atomic E-state index is 12.2. The highest BCUT2D eigenvalue weighted by Gasteiger charge is 2.10. The summed E-state index contributed by atoms with van der Waals surface area (Å²) in [7, 11) is 0. The van der Waals surface area contributed by atoms with Crippen molar-refractivity contribution in [2.24, 2.45) is 0 Å². The van der Waals surface area contributed by atoms with E-state index >= 15 is 0 Å². The summed E-state index contributed by atoms with van der Waals surface area (Å²) in [6.45, 7) is 4.04. The number of hydrogen-bond donors (Lipinski definition) is 1. The third-order valence-electron chi connectivity index (χ3n) is 3.64. The molecule has 0 bridgehead atoms. The Balaban J connectivity index is 1.59. The van der Waals surface area contributed by atoms with Crippen molar-refractivity contribution >= 4 is 34.9 Å². The van der Waals surface area contributed by atoms with E-state index in [1.54, 1.807) is 0 Å². The van der Waals surface area contributed by atoms with Gasteiger partial charge in [0.15, 0.2) is 10.2 Å². The highest BCUT2D eigenvalue weighted by molar-refractivity contribution is 8.01. The fourth-order valence-corrected chi connectivity index (χ4v) is 3.59. The molecule has 0 fully saturated rings. The van der Waals surface area contributed by atoms with E-state index in [1.807, 2.05) is 62.4 Å². The Bertz CT molecular complexity index is 846. The highest BCUT2D eigenvalue weighted by Crippen LogP contribution is 2.25. The minimum atomic E-state index is -0.0369. The van der Waals surface area contributed by atoms with Crippen LogP contribution in [0.15, 0.2) is 52.9 Å². The van der Waals surface area contributed by atoms with Crippen LogP contribution < -0.4 is 5.32 Å². The molecule has 1 aromatic heterocycles. The van der Waals surface area contributed by atoms with E-state index in [1.165, 1.54) is 23.3 Å². The van der Waals surface area contributed by atoms with E-state index in [-0.39, 0.29) is 5.91 Å². The summed E-state index contributed by atoms with van der Waals surface area (Å²) >= 11 is 2.73. The van der Waals surface area contributed by atoms with Crippen molar-refractivity contribution in [3.63, 3.8) is 0 Å². The third kappa shape index (κ3) is 4.01. The molecule has 0 saturated heterocycles. The van der Waals surface area contributed by atoms with Crippen molar-refractivity contribution in [2.45, 2.75) is 18.2 Å². The summed E-state index contributed by atoms with van der Waals surface area (Å²) in [4.78, 5) is 16.6. The molecule has 0 spiro atoms. The van der Waals surface area contributed by atoms with Crippen LogP contribution >= 0.6 is 23.3 Å². The van der Waals surface area contributed by atoms with Crippen LogP contribution in [0.25, 0.3) is 11.4 Å². The Hall–Kier alpha value is -2.18. The van der Waals surface area contributed by atoms with Gasteiger partial charge in [0.25, 0.3) is 0 Å². The molecular formula is C18H17N3OS2. The van der Waals surface area contributed by atoms with E-state index in [9.17, 15) is 4.79 Å². The number of amides is 1. The van der Waals surface area contributed by atoms with Gasteiger partial charge < -0.3 is 5.32 Å². The van der Waals surface area contributed by atoms with E-state index in [4.69, 9.17) is 0 Å². The Kier molecular flexibility index (Phi) is 5.27. The average Bonchev–Trinajstić information content (AvgIpc) is 3.07. The predicted octanol–water partition coefficient (Wildman–Crippen LogP) is 4.55. The molecule has 2 aromatic carbocycles. The fraction of sp³-hybridized carbons (Fsp3) is 0.167. The Morgan fingerprint density at radius 3 is 2.71 bits per heavy atom. The molecular weight excluding hydrogens is 338 g/mol. The van der Waals surface area contributed by atoms with Crippen LogP contribution in [0.3, 0.4) is 0 Å². The van der Waals surface area contributed by atoms with Crippen molar-refractivity contribution in [2.75, 3.05) is 11.1 Å². The van der Waals surface area contributed by atoms with Crippen LogP contribution in [0.5, 0.6) is 0 Å². The fourth-order valence-electron chi connectivity index (χ4n) is 2.17. The van der Waals surface area contributed by atoms with Crippen molar-refractivity contribution in [3.05, 3.63) is 59.7 Å². The van der Waals surface area contributed by atoms with Gasteiger partial charge in [0, 0.05) is 11.3 Å². The Morgan fingerprint density at radius 2 is 1.92 bits per heavy atom. The van der Waals surface area contributed by atoms with Gasteiger partial charge in [-0.2, -0.15) is 4.37 Å². The molecule has 0 aliphatic rings. The number of carbonyl (C=O) groups excluding carboxylic acids is 1. The number of thioether (sulfide) groups is 1. The van der Waals surface area contributed by atoms with Gasteiger partial charge in [0.2, 0.25) is 5.91 Å². The van der Waals surface area contributed by atoms with Crippen LogP contribution in [-0.2, 0) is 4.79 Å².